The highest BCUT2D eigenvalue weighted by atomic mass is 15.4. The Morgan fingerprint density at radius 1 is 1.14 bits per heavy atom. The summed E-state index contributed by atoms with van der Waals surface area (Å²) in [7, 11) is 2.20. The molecule has 1 aliphatic carbocycles. The van der Waals surface area contributed by atoms with Crippen LogP contribution in [0.1, 0.15) is 60.2 Å². The number of aryl methyl sites for hydroxylation is 1. The average Bonchev–Trinajstić information content (AvgIpc) is 3.43. The summed E-state index contributed by atoms with van der Waals surface area (Å²) in [5.41, 5.74) is 4.94. The van der Waals surface area contributed by atoms with E-state index in [1.54, 1.807) is 6.20 Å². The Balaban J connectivity index is 1.31. The minimum Gasteiger partial charge on any atom is -0.334 e. The van der Waals surface area contributed by atoms with E-state index in [2.05, 4.69) is 44.1 Å². The summed E-state index contributed by atoms with van der Waals surface area (Å²) in [5.74, 6) is 1.24. The van der Waals surface area contributed by atoms with Crippen LogP contribution in [0.3, 0.4) is 0 Å². The van der Waals surface area contributed by atoms with E-state index in [1.807, 2.05) is 16.9 Å². The molecule has 146 valence electrons. The van der Waals surface area contributed by atoms with Crippen LogP contribution in [0.25, 0.3) is 0 Å². The number of hydrogen-bond acceptors (Lipinski definition) is 5. The van der Waals surface area contributed by atoms with Crippen LogP contribution in [0.2, 0.25) is 0 Å². The van der Waals surface area contributed by atoms with Crippen molar-refractivity contribution in [1.29, 1.82) is 0 Å². The number of imidazole rings is 1. The lowest BCUT2D eigenvalue weighted by atomic mass is 10.0. The van der Waals surface area contributed by atoms with Crippen molar-refractivity contribution >= 4 is 0 Å². The van der Waals surface area contributed by atoms with Gasteiger partial charge >= 0.3 is 0 Å². The zero-order valence-electron chi connectivity index (χ0n) is 16.5. The van der Waals surface area contributed by atoms with Gasteiger partial charge in [-0.1, -0.05) is 11.3 Å². The predicted octanol–water partition coefficient (Wildman–Crippen LogP) is 2.67. The van der Waals surface area contributed by atoms with Crippen LogP contribution >= 0.6 is 0 Å². The molecule has 28 heavy (non-hydrogen) atoms. The fourth-order valence-electron chi connectivity index (χ4n) is 4.69. The molecule has 0 unspecified atom stereocenters. The Morgan fingerprint density at radius 3 is 2.93 bits per heavy atom. The Morgan fingerprint density at radius 2 is 2.07 bits per heavy atom. The van der Waals surface area contributed by atoms with Crippen molar-refractivity contribution in [2.45, 2.75) is 57.7 Å². The van der Waals surface area contributed by atoms with Crippen LogP contribution in [0.15, 0.2) is 30.7 Å². The summed E-state index contributed by atoms with van der Waals surface area (Å²) < 4.78 is 4.27. The van der Waals surface area contributed by atoms with Gasteiger partial charge in [0.15, 0.2) is 0 Å². The molecule has 0 amide bonds. The first kappa shape index (κ1) is 17.6. The number of rotatable bonds is 5. The first-order chi connectivity index (χ1) is 13.8. The van der Waals surface area contributed by atoms with E-state index >= 15 is 0 Å². The van der Waals surface area contributed by atoms with Gasteiger partial charge in [0.2, 0.25) is 0 Å². The van der Waals surface area contributed by atoms with E-state index in [0.29, 0.717) is 12.6 Å². The molecule has 0 saturated carbocycles. The molecule has 0 N–H and O–H groups in total. The van der Waals surface area contributed by atoms with Crippen LogP contribution in [0.5, 0.6) is 0 Å². The van der Waals surface area contributed by atoms with E-state index < -0.39 is 0 Å². The first-order valence-corrected chi connectivity index (χ1v) is 10.3. The van der Waals surface area contributed by atoms with Gasteiger partial charge in [-0.05, 0) is 56.7 Å². The van der Waals surface area contributed by atoms with Gasteiger partial charge in [0, 0.05) is 31.7 Å². The SMILES string of the molecule is Cn1c([C@H]2CCCN2Cc2cn(Cc3cccnc3)nn2)nc2c1CCCC2. The molecule has 0 aromatic carbocycles. The van der Waals surface area contributed by atoms with Crippen molar-refractivity contribution in [2.75, 3.05) is 6.54 Å². The molecular weight excluding hydrogens is 350 g/mol. The lowest BCUT2D eigenvalue weighted by molar-refractivity contribution is 0.233. The molecule has 5 rings (SSSR count). The third kappa shape index (κ3) is 3.35. The molecule has 2 aliphatic rings. The van der Waals surface area contributed by atoms with Gasteiger partial charge < -0.3 is 4.57 Å². The molecule has 4 heterocycles. The number of pyridine rings is 1. The van der Waals surface area contributed by atoms with Crippen LogP contribution in [-0.2, 0) is 33.0 Å². The van der Waals surface area contributed by atoms with Crippen LogP contribution in [-0.4, -0.2) is 41.0 Å². The predicted molar refractivity (Wildman–Crippen MR) is 106 cm³/mol. The van der Waals surface area contributed by atoms with Crippen molar-refractivity contribution in [1.82, 2.24) is 34.4 Å². The highest BCUT2D eigenvalue weighted by Gasteiger charge is 2.31. The van der Waals surface area contributed by atoms with Crippen molar-refractivity contribution in [2.24, 2.45) is 7.05 Å². The Hall–Kier alpha value is -2.54. The summed E-state index contributed by atoms with van der Waals surface area (Å²) in [6.07, 6.45) is 13.0. The maximum Gasteiger partial charge on any atom is 0.126 e. The van der Waals surface area contributed by atoms with E-state index in [4.69, 9.17) is 4.98 Å². The number of hydrogen-bond donors (Lipinski definition) is 0. The quantitative estimate of drug-likeness (QED) is 0.684. The van der Waals surface area contributed by atoms with Crippen LogP contribution in [0, 0.1) is 0 Å². The van der Waals surface area contributed by atoms with E-state index in [1.165, 1.54) is 49.3 Å². The van der Waals surface area contributed by atoms with Gasteiger partial charge in [-0.25, -0.2) is 9.67 Å². The van der Waals surface area contributed by atoms with Crippen molar-refractivity contribution in [3.63, 3.8) is 0 Å². The maximum atomic E-state index is 5.06. The van der Waals surface area contributed by atoms with Gasteiger partial charge in [0.1, 0.15) is 5.82 Å². The summed E-state index contributed by atoms with van der Waals surface area (Å²) in [6, 6.07) is 4.40. The Kier molecular flexibility index (Phi) is 4.68. The second-order valence-electron chi connectivity index (χ2n) is 8.03. The van der Waals surface area contributed by atoms with Crippen molar-refractivity contribution in [3.05, 3.63) is 59.2 Å². The monoisotopic (exact) mass is 377 g/mol. The Bertz CT molecular complexity index is 943. The van der Waals surface area contributed by atoms with Gasteiger partial charge in [-0.3, -0.25) is 9.88 Å². The summed E-state index contributed by atoms with van der Waals surface area (Å²) in [6.45, 7) is 2.63. The number of aromatic nitrogens is 6. The number of fused-ring (bicyclic) bond motifs is 1. The molecule has 0 bridgehead atoms. The fourth-order valence-corrected chi connectivity index (χ4v) is 4.69. The first-order valence-electron chi connectivity index (χ1n) is 10.3. The number of nitrogens with zero attached hydrogens (tertiary/aromatic N) is 7. The lowest BCUT2D eigenvalue weighted by Crippen LogP contribution is -2.25. The second kappa shape index (κ2) is 7.47. The lowest BCUT2D eigenvalue weighted by Gasteiger charge is -2.23. The zero-order valence-corrected chi connectivity index (χ0v) is 16.5. The Labute approximate surface area is 165 Å². The van der Waals surface area contributed by atoms with Gasteiger partial charge in [0.05, 0.1) is 30.2 Å². The average molecular weight is 377 g/mol. The molecule has 0 spiro atoms. The third-order valence-electron chi connectivity index (χ3n) is 6.09. The molecule has 0 radical (unpaired) electrons. The molecular formula is C21H27N7. The van der Waals surface area contributed by atoms with Crippen molar-refractivity contribution < 1.29 is 0 Å². The highest BCUT2D eigenvalue weighted by Crippen LogP contribution is 2.34. The minimum atomic E-state index is 0.388. The molecule has 7 heteroatoms. The summed E-state index contributed by atoms with van der Waals surface area (Å²) in [5, 5.41) is 8.73. The van der Waals surface area contributed by atoms with Crippen LogP contribution in [0.4, 0.5) is 0 Å². The minimum absolute atomic E-state index is 0.388. The molecule has 1 fully saturated rings. The molecule has 3 aromatic rings. The van der Waals surface area contributed by atoms with Crippen LogP contribution < -0.4 is 0 Å². The molecule has 7 nitrogen and oxygen atoms in total. The van der Waals surface area contributed by atoms with Gasteiger partial charge in [-0.2, -0.15) is 0 Å². The summed E-state index contributed by atoms with van der Waals surface area (Å²) in [4.78, 5) is 11.7. The van der Waals surface area contributed by atoms with Gasteiger partial charge in [0.25, 0.3) is 0 Å². The second-order valence-corrected chi connectivity index (χ2v) is 8.03. The standard InChI is InChI=1S/C21H27N7/c1-26-19-8-3-2-7-18(19)23-21(26)20-9-5-11-27(20)14-17-15-28(25-24-17)13-16-6-4-10-22-12-16/h4,6,10,12,15,20H,2-3,5,7-9,11,13-14H2,1H3/t20-/m1/s1. The summed E-state index contributed by atoms with van der Waals surface area (Å²) >= 11 is 0. The molecule has 3 aromatic heterocycles. The third-order valence-corrected chi connectivity index (χ3v) is 6.09. The maximum absolute atomic E-state index is 5.06. The molecule has 1 atom stereocenters. The molecule has 1 saturated heterocycles. The van der Waals surface area contributed by atoms with E-state index in [-0.39, 0.29) is 0 Å². The van der Waals surface area contributed by atoms with E-state index in [9.17, 15) is 0 Å². The van der Waals surface area contributed by atoms with Crippen molar-refractivity contribution in [3.8, 4) is 0 Å². The highest BCUT2D eigenvalue weighted by molar-refractivity contribution is 5.22. The fraction of sp³-hybridized carbons (Fsp3) is 0.524. The number of likely N-dealkylation sites (tertiary alicyclic amines) is 1. The molecule has 1 aliphatic heterocycles. The normalized spacial score (nSPS) is 19.8. The van der Waals surface area contributed by atoms with Gasteiger partial charge in [-0.15, -0.1) is 5.10 Å². The largest absolute Gasteiger partial charge is 0.334 e. The smallest absolute Gasteiger partial charge is 0.126 e. The topological polar surface area (TPSA) is 64.7 Å². The zero-order chi connectivity index (χ0) is 18.9. The van der Waals surface area contributed by atoms with E-state index in [0.717, 1.165) is 30.8 Å².